The predicted octanol–water partition coefficient (Wildman–Crippen LogP) is 5.87. The third kappa shape index (κ3) is 5.74. The third-order valence-corrected chi connectivity index (χ3v) is 6.13. The molecule has 0 aromatic heterocycles. The van der Waals surface area contributed by atoms with Gasteiger partial charge in [-0.15, -0.1) is 5.54 Å². The van der Waals surface area contributed by atoms with Crippen LogP contribution >= 0.6 is 0 Å². The zero-order chi connectivity index (χ0) is 22.3. The van der Waals surface area contributed by atoms with Gasteiger partial charge < -0.3 is 9.84 Å². The molecule has 0 aliphatic carbocycles. The van der Waals surface area contributed by atoms with Crippen molar-refractivity contribution in [2.45, 2.75) is 38.3 Å². The highest BCUT2D eigenvalue weighted by atomic mass is 28.3. The first-order valence-corrected chi connectivity index (χ1v) is 14.3. The van der Waals surface area contributed by atoms with Crippen molar-refractivity contribution in [1.82, 2.24) is 0 Å². The van der Waals surface area contributed by atoms with Crippen molar-refractivity contribution < 1.29 is 9.84 Å². The van der Waals surface area contributed by atoms with Crippen molar-refractivity contribution in [3.63, 3.8) is 0 Å². The number of rotatable bonds is 7. The summed E-state index contributed by atoms with van der Waals surface area (Å²) in [6, 6.07) is 30.9. The van der Waals surface area contributed by atoms with Gasteiger partial charge in [0.2, 0.25) is 0 Å². The Morgan fingerprint density at radius 2 is 1.16 bits per heavy atom. The van der Waals surface area contributed by atoms with E-state index in [2.05, 4.69) is 67.5 Å². The average molecular weight is 429 g/mol. The fourth-order valence-corrected chi connectivity index (χ4v) is 4.13. The lowest BCUT2D eigenvalue weighted by Crippen LogP contribution is -2.36. The van der Waals surface area contributed by atoms with Crippen LogP contribution < -0.4 is 0 Å². The molecule has 0 aliphatic rings. The van der Waals surface area contributed by atoms with Gasteiger partial charge in [0.05, 0.1) is 6.61 Å². The summed E-state index contributed by atoms with van der Waals surface area (Å²) in [5, 5.41) is 10.7. The third-order valence-electron chi connectivity index (χ3n) is 5.24. The SMILES string of the molecule is C[C@H](COC(c1ccccc1)(c1ccccc1)c1ccccc1)[C@H](O)C#C[Si](C)(C)C. The topological polar surface area (TPSA) is 29.5 Å². The van der Waals surface area contributed by atoms with Gasteiger partial charge in [0, 0.05) is 5.92 Å². The molecular formula is C28H32O2Si. The van der Waals surface area contributed by atoms with E-state index in [1.54, 1.807) is 0 Å². The number of hydrogen-bond acceptors (Lipinski definition) is 2. The molecule has 31 heavy (non-hydrogen) atoms. The van der Waals surface area contributed by atoms with E-state index in [0.29, 0.717) is 6.61 Å². The molecular weight excluding hydrogens is 396 g/mol. The van der Waals surface area contributed by atoms with Crippen LogP contribution in [0.25, 0.3) is 0 Å². The minimum absolute atomic E-state index is 0.126. The van der Waals surface area contributed by atoms with Gasteiger partial charge in [-0.1, -0.05) is 123 Å². The van der Waals surface area contributed by atoms with E-state index in [0.717, 1.165) is 16.7 Å². The maximum Gasteiger partial charge on any atom is 0.143 e. The molecule has 160 valence electrons. The Hall–Kier alpha value is -2.64. The molecule has 0 heterocycles. The lowest BCUT2D eigenvalue weighted by atomic mass is 9.80. The smallest absolute Gasteiger partial charge is 0.143 e. The number of hydrogen-bond donors (Lipinski definition) is 1. The standard InChI is InChI=1S/C28H32O2Si/c1-23(27(29)20-21-31(2,3)4)22-30-28(24-14-8-5-9-15-24,25-16-10-6-11-17-25)26-18-12-7-13-19-26/h5-19,23,27,29H,22H2,1-4H3/t23-,27-/m1/s1. The fourth-order valence-electron chi connectivity index (χ4n) is 3.55. The van der Waals surface area contributed by atoms with E-state index in [-0.39, 0.29) is 5.92 Å². The van der Waals surface area contributed by atoms with E-state index in [9.17, 15) is 5.11 Å². The molecule has 0 amide bonds. The maximum atomic E-state index is 10.7. The highest BCUT2D eigenvalue weighted by molar-refractivity contribution is 6.83. The first-order chi connectivity index (χ1) is 14.8. The Morgan fingerprint density at radius 3 is 1.52 bits per heavy atom. The van der Waals surface area contributed by atoms with Crippen LogP contribution in [0.15, 0.2) is 91.0 Å². The van der Waals surface area contributed by atoms with Crippen LogP contribution in [0.1, 0.15) is 23.6 Å². The zero-order valence-corrected chi connectivity index (χ0v) is 19.9. The normalized spacial score (nSPS) is 13.7. The average Bonchev–Trinajstić information content (AvgIpc) is 2.79. The van der Waals surface area contributed by atoms with Gasteiger partial charge in [0.1, 0.15) is 19.8 Å². The quantitative estimate of drug-likeness (QED) is 0.290. The second kappa shape index (κ2) is 10.1. The molecule has 0 unspecified atom stereocenters. The molecule has 3 rings (SSSR count). The Kier molecular flexibility index (Phi) is 7.51. The Balaban J connectivity index is 2.03. The summed E-state index contributed by atoms with van der Waals surface area (Å²) in [5.74, 6) is 2.94. The second-order valence-corrected chi connectivity index (χ2v) is 13.8. The second-order valence-electron chi connectivity index (χ2n) is 9.03. The molecule has 1 N–H and O–H groups in total. The highest BCUT2D eigenvalue weighted by Crippen LogP contribution is 2.40. The number of ether oxygens (including phenoxy) is 1. The molecule has 3 aromatic rings. The van der Waals surface area contributed by atoms with Crippen LogP contribution in [0, 0.1) is 17.4 Å². The van der Waals surface area contributed by atoms with Crippen LogP contribution in [-0.4, -0.2) is 25.9 Å². The molecule has 0 fully saturated rings. The van der Waals surface area contributed by atoms with Gasteiger partial charge >= 0.3 is 0 Å². The minimum atomic E-state index is -1.55. The number of aliphatic hydroxyl groups is 1. The molecule has 3 aromatic carbocycles. The summed E-state index contributed by atoms with van der Waals surface area (Å²) in [7, 11) is -1.55. The summed E-state index contributed by atoms with van der Waals surface area (Å²) < 4.78 is 6.79. The summed E-state index contributed by atoms with van der Waals surface area (Å²) in [6.45, 7) is 8.91. The zero-order valence-electron chi connectivity index (χ0n) is 18.9. The summed E-state index contributed by atoms with van der Waals surface area (Å²) in [6.07, 6.45) is -0.716. The van der Waals surface area contributed by atoms with Crippen molar-refractivity contribution in [1.29, 1.82) is 0 Å². The van der Waals surface area contributed by atoms with E-state index in [4.69, 9.17) is 4.74 Å². The first-order valence-electron chi connectivity index (χ1n) is 10.8. The molecule has 0 radical (unpaired) electrons. The first kappa shape index (κ1) is 23.0. The van der Waals surface area contributed by atoms with Gasteiger partial charge in [-0.05, 0) is 16.7 Å². The molecule has 0 bridgehead atoms. The number of benzene rings is 3. The largest absolute Gasteiger partial charge is 0.380 e. The van der Waals surface area contributed by atoms with Gasteiger partial charge in [-0.25, -0.2) is 0 Å². The van der Waals surface area contributed by atoms with Crippen LogP contribution in [-0.2, 0) is 10.3 Å². The van der Waals surface area contributed by atoms with Crippen molar-refractivity contribution in [2.75, 3.05) is 6.61 Å². The minimum Gasteiger partial charge on any atom is -0.380 e. The predicted molar refractivity (Wildman–Crippen MR) is 131 cm³/mol. The molecule has 2 atom stereocenters. The Labute approximate surface area is 187 Å². The van der Waals surface area contributed by atoms with Crippen LogP contribution in [0.3, 0.4) is 0 Å². The van der Waals surface area contributed by atoms with Gasteiger partial charge in [-0.3, -0.25) is 0 Å². The summed E-state index contributed by atoms with van der Waals surface area (Å²) in [5.41, 5.74) is 5.68. The van der Waals surface area contributed by atoms with Crippen molar-refractivity contribution in [3.8, 4) is 11.5 Å². The monoisotopic (exact) mass is 428 g/mol. The molecule has 2 nitrogen and oxygen atoms in total. The van der Waals surface area contributed by atoms with Gasteiger partial charge in [0.25, 0.3) is 0 Å². The Bertz CT molecular complexity index is 902. The highest BCUT2D eigenvalue weighted by Gasteiger charge is 2.38. The summed E-state index contributed by atoms with van der Waals surface area (Å²) >= 11 is 0. The molecule has 0 saturated heterocycles. The lowest BCUT2D eigenvalue weighted by Gasteiger charge is -2.37. The van der Waals surface area contributed by atoms with E-state index >= 15 is 0 Å². The molecule has 0 saturated carbocycles. The number of aliphatic hydroxyl groups excluding tert-OH is 1. The maximum absolute atomic E-state index is 10.7. The van der Waals surface area contributed by atoms with E-state index in [1.165, 1.54) is 0 Å². The fraction of sp³-hybridized carbons (Fsp3) is 0.286. The van der Waals surface area contributed by atoms with Gasteiger partial charge in [0.15, 0.2) is 0 Å². The van der Waals surface area contributed by atoms with Crippen molar-refractivity contribution >= 4 is 8.07 Å². The van der Waals surface area contributed by atoms with Crippen molar-refractivity contribution in [3.05, 3.63) is 108 Å². The summed E-state index contributed by atoms with van der Waals surface area (Å²) in [4.78, 5) is 0. The van der Waals surface area contributed by atoms with Crippen LogP contribution in [0.5, 0.6) is 0 Å². The molecule has 3 heteroatoms. The Morgan fingerprint density at radius 1 is 0.774 bits per heavy atom. The molecule has 0 aliphatic heterocycles. The van der Waals surface area contributed by atoms with Crippen LogP contribution in [0.4, 0.5) is 0 Å². The van der Waals surface area contributed by atoms with Crippen molar-refractivity contribution in [2.24, 2.45) is 5.92 Å². The van der Waals surface area contributed by atoms with Crippen LogP contribution in [0.2, 0.25) is 19.6 Å². The van der Waals surface area contributed by atoms with E-state index < -0.39 is 19.8 Å². The lowest BCUT2D eigenvalue weighted by molar-refractivity contribution is -0.0232. The van der Waals surface area contributed by atoms with Gasteiger partial charge in [-0.2, -0.15) is 0 Å². The van der Waals surface area contributed by atoms with E-state index in [1.807, 2.05) is 61.5 Å². The molecule has 0 spiro atoms.